The predicted octanol–water partition coefficient (Wildman–Crippen LogP) is 4.25. The van der Waals surface area contributed by atoms with Crippen molar-refractivity contribution in [3.8, 4) is 0 Å². The molecule has 21 heavy (non-hydrogen) atoms. The van der Waals surface area contributed by atoms with Gasteiger partial charge in [0.1, 0.15) is 0 Å². The third-order valence-electron chi connectivity index (χ3n) is 3.84. The van der Waals surface area contributed by atoms with E-state index in [1.165, 1.54) is 35.0 Å². The van der Waals surface area contributed by atoms with E-state index in [1.807, 2.05) is 11.3 Å². The molecule has 1 N–H and O–H groups in total. The number of aryl methyl sites for hydroxylation is 1. The van der Waals surface area contributed by atoms with Crippen LogP contribution in [0.2, 0.25) is 0 Å². The number of fused-ring (bicyclic) bond motifs is 1. The van der Waals surface area contributed by atoms with E-state index >= 15 is 0 Å². The fourth-order valence-electron chi connectivity index (χ4n) is 3.10. The van der Waals surface area contributed by atoms with Gasteiger partial charge >= 0.3 is 0 Å². The fourth-order valence-corrected chi connectivity index (χ4v) is 4.28. The van der Waals surface area contributed by atoms with Gasteiger partial charge in [-0.25, -0.2) is 4.98 Å². The van der Waals surface area contributed by atoms with Crippen molar-refractivity contribution in [3.05, 3.63) is 10.6 Å². The van der Waals surface area contributed by atoms with Crippen LogP contribution < -0.4 is 10.2 Å². The van der Waals surface area contributed by atoms with Crippen molar-refractivity contribution < 1.29 is 0 Å². The van der Waals surface area contributed by atoms with E-state index in [1.54, 1.807) is 0 Å². The summed E-state index contributed by atoms with van der Waals surface area (Å²) in [5, 5.41) is 4.84. The normalized spacial score (nSPS) is 18.3. The SMILES string of the molecule is CCNC1CCCc2sc(N(CC(C)C)CC(C)C)nc21. The molecule has 1 aromatic heterocycles. The molecule has 0 aliphatic heterocycles. The quantitative estimate of drug-likeness (QED) is 0.816. The number of nitrogens with one attached hydrogen (secondary N) is 1. The number of nitrogens with zero attached hydrogens (tertiary/aromatic N) is 2. The van der Waals surface area contributed by atoms with E-state index in [4.69, 9.17) is 4.98 Å². The van der Waals surface area contributed by atoms with Crippen LogP contribution in [0.1, 0.15) is 64.1 Å². The van der Waals surface area contributed by atoms with E-state index in [-0.39, 0.29) is 0 Å². The molecule has 1 aliphatic carbocycles. The smallest absolute Gasteiger partial charge is 0.185 e. The van der Waals surface area contributed by atoms with Crippen molar-refractivity contribution in [1.29, 1.82) is 0 Å². The number of thiazole rings is 1. The van der Waals surface area contributed by atoms with Gasteiger partial charge in [0.25, 0.3) is 0 Å². The minimum Gasteiger partial charge on any atom is -0.348 e. The average molecular weight is 310 g/mol. The summed E-state index contributed by atoms with van der Waals surface area (Å²) in [6, 6.07) is 0.476. The second kappa shape index (κ2) is 7.59. The molecule has 2 rings (SSSR count). The molecule has 0 amide bonds. The first-order chi connectivity index (χ1) is 10.0. The van der Waals surface area contributed by atoms with Gasteiger partial charge in [-0.15, -0.1) is 11.3 Å². The zero-order valence-corrected chi connectivity index (χ0v) is 15.1. The monoisotopic (exact) mass is 309 g/mol. The van der Waals surface area contributed by atoms with Crippen LogP contribution in [0.25, 0.3) is 0 Å². The molecule has 0 saturated heterocycles. The molecule has 4 heteroatoms. The number of hydrogen-bond acceptors (Lipinski definition) is 4. The van der Waals surface area contributed by atoms with E-state index in [9.17, 15) is 0 Å². The van der Waals surface area contributed by atoms with Gasteiger partial charge in [-0.2, -0.15) is 0 Å². The van der Waals surface area contributed by atoms with Crippen molar-refractivity contribution >= 4 is 16.5 Å². The summed E-state index contributed by atoms with van der Waals surface area (Å²) in [6.45, 7) is 14.6. The Balaban J connectivity index is 2.21. The lowest BCUT2D eigenvalue weighted by Gasteiger charge is -2.25. The number of rotatable bonds is 7. The van der Waals surface area contributed by atoms with Gasteiger partial charge in [0, 0.05) is 18.0 Å². The molecule has 0 spiro atoms. The third-order valence-corrected chi connectivity index (χ3v) is 5.03. The highest BCUT2D eigenvalue weighted by atomic mass is 32.1. The molecule has 0 saturated carbocycles. The second-order valence-electron chi connectivity index (χ2n) is 7.00. The van der Waals surface area contributed by atoms with E-state index < -0.39 is 0 Å². The van der Waals surface area contributed by atoms with Crippen LogP contribution in [0.15, 0.2) is 0 Å². The van der Waals surface area contributed by atoms with Gasteiger partial charge in [-0.3, -0.25) is 0 Å². The van der Waals surface area contributed by atoms with Crippen molar-refractivity contribution in [2.24, 2.45) is 11.8 Å². The molecular formula is C17H31N3S. The number of hydrogen-bond donors (Lipinski definition) is 1. The van der Waals surface area contributed by atoms with E-state index in [0.29, 0.717) is 17.9 Å². The first-order valence-electron chi connectivity index (χ1n) is 8.49. The standard InChI is InChI=1S/C17H31N3S/c1-6-18-14-8-7-9-15-16(14)19-17(21-15)20(10-12(2)3)11-13(4)5/h12-14,18H,6-11H2,1-5H3. The summed E-state index contributed by atoms with van der Waals surface area (Å²) in [5.74, 6) is 1.35. The molecule has 120 valence electrons. The van der Waals surface area contributed by atoms with E-state index in [0.717, 1.165) is 19.6 Å². The Morgan fingerprint density at radius 1 is 1.24 bits per heavy atom. The van der Waals surface area contributed by atoms with Gasteiger partial charge in [0.2, 0.25) is 0 Å². The lowest BCUT2D eigenvalue weighted by molar-refractivity contribution is 0.464. The Hall–Kier alpha value is -0.610. The van der Waals surface area contributed by atoms with Gasteiger partial charge in [-0.05, 0) is 37.6 Å². The van der Waals surface area contributed by atoms with Crippen LogP contribution in [0, 0.1) is 11.8 Å². The first-order valence-corrected chi connectivity index (χ1v) is 9.30. The third kappa shape index (κ3) is 4.43. The lowest BCUT2D eigenvalue weighted by atomic mass is 9.98. The molecule has 1 heterocycles. The van der Waals surface area contributed by atoms with Crippen LogP contribution in [0.3, 0.4) is 0 Å². The second-order valence-corrected chi connectivity index (χ2v) is 8.06. The van der Waals surface area contributed by atoms with Gasteiger partial charge in [0.15, 0.2) is 5.13 Å². The van der Waals surface area contributed by atoms with Crippen molar-refractivity contribution in [3.63, 3.8) is 0 Å². The van der Waals surface area contributed by atoms with Gasteiger partial charge < -0.3 is 10.2 Å². The topological polar surface area (TPSA) is 28.2 Å². The highest BCUT2D eigenvalue weighted by Gasteiger charge is 2.26. The van der Waals surface area contributed by atoms with Crippen molar-refractivity contribution in [1.82, 2.24) is 10.3 Å². The zero-order chi connectivity index (χ0) is 15.4. The molecule has 0 fully saturated rings. The maximum Gasteiger partial charge on any atom is 0.185 e. The minimum atomic E-state index is 0.476. The Kier molecular flexibility index (Phi) is 6.06. The van der Waals surface area contributed by atoms with Crippen LogP contribution in [0.5, 0.6) is 0 Å². The lowest BCUT2D eigenvalue weighted by Crippen LogP contribution is -2.31. The molecule has 0 radical (unpaired) electrons. The number of aromatic nitrogens is 1. The highest BCUT2D eigenvalue weighted by molar-refractivity contribution is 7.15. The van der Waals surface area contributed by atoms with Gasteiger partial charge in [-0.1, -0.05) is 34.6 Å². The molecule has 1 aromatic rings. The molecule has 1 unspecified atom stereocenters. The van der Waals surface area contributed by atoms with E-state index in [2.05, 4.69) is 44.8 Å². The molecule has 0 aromatic carbocycles. The fraction of sp³-hybridized carbons (Fsp3) is 0.824. The molecule has 1 aliphatic rings. The van der Waals surface area contributed by atoms with Crippen LogP contribution in [-0.4, -0.2) is 24.6 Å². The van der Waals surface area contributed by atoms with Crippen molar-refractivity contribution in [2.75, 3.05) is 24.5 Å². The summed E-state index contributed by atoms with van der Waals surface area (Å²) in [5.41, 5.74) is 1.33. The highest BCUT2D eigenvalue weighted by Crippen LogP contribution is 2.37. The Morgan fingerprint density at radius 2 is 1.90 bits per heavy atom. The summed E-state index contributed by atoms with van der Waals surface area (Å²) in [6.07, 6.45) is 3.74. The summed E-state index contributed by atoms with van der Waals surface area (Å²) in [7, 11) is 0. The van der Waals surface area contributed by atoms with Crippen LogP contribution >= 0.6 is 11.3 Å². The predicted molar refractivity (Wildman–Crippen MR) is 93.4 cm³/mol. The first kappa shape index (κ1) is 16.8. The molecule has 1 atom stereocenters. The maximum atomic E-state index is 5.04. The minimum absolute atomic E-state index is 0.476. The summed E-state index contributed by atoms with van der Waals surface area (Å²) < 4.78 is 0. The summed E-state index contributed by atoms with van der Waals surface area (Å²) >= 11 is 1.93. The molecule has 3 nitrogen and oxygen atoms in total. The Bertz CT molecular complexity index is 429. The van der Waals surface area contributed by atoms with Crippen LogP contribution in [0.4, 0.5) is 5.13 Å². The summed E-state index contributed by atoms with van der Waals surface area (Å²) in [4.78, 5) is 9.05. The number of anilines is 1. The Labute approximate surface area is 134 Å². The maximum absolute atomic E-state index is 5.04. The van der Waals surface area contributed by atoms with Crippen LogP contribution in [-0.2, 0) is 6.42 Å². The average Bonchev–Trinajstić information content (AvgIpc) is 2.82. The molecular weight excluding hydrogens is 278 g/mol. The molecule has 0 bridgehead atoms. The van der Waals surface area contributed by atoms with Gasteiger partial charge in [0.05, 0.1) is 11.7 Å². The zero-order valence-electron chi connectivity index (χ0n) is 14.3. The largest absolute Gasteiger partial charge is 0.348 e. The van der Waals surface area contributed by atoms with Crippen molar-refractivity contribution in [2.45, 2.75) is 59.9 Å². The Morgan fingerprint density at radius 3 is 2.48 bits per heavy atom.